The molecule has 3 aromatic carbocycles. The first-order valence-electron chi connectivity index (χ1n) is 12.2. The second-order valence-corrected chi connectivity index (χ2v) is 9.58. The fourth-order valence-electron chi connectivity index (χ4n) is 5.28. The molecular formula is C29H30N2O6. The number of anilines is 1. The van der Waals surface area contributed by atoms with Crippen LogP contribution in [0.5, 0.6) is 17.2 Å². The molecule has 0 saturated carbocycles. The lowest BCUT2D eigenvalue weighted by Gasteiger charge is -2.27. The van der Waals surface area contributed by atoms with Crippen molar-refractivity contribution < 1.29 is 28.9 Å². The average Bonchev–Trinajstić information content (AvgIpc) is 3.50. The number of nitrogens with one attached hydrogen (secondary N) is 1. The van der Waals surface area contributed by atoms with Crippen LogP contribution in [0.25, 0.3) is 0 Å². The minimum Gasteiger partial charge on any atom is -0.497 e. The molecule has 0 unspecified atom stereocenters. The smallest absolute Gasteiger partial charge is 0.309 e. The van der Waals surface area contributed by atoms with E-state index in [0.29, 0.717) is 23.8 Å². The number of carboxylic acids is 1. The first kappa shape index (κ1) is 24.6. The maximum Gasteiger partial charge on any atom is 0.309 e. The van der Waals surface area contributed by atoms with Crippen LogP contribution in [-0.4, -0.2) is 48.9 Å². The summed E-state index contributed by atoms with van der Waals surface area (Å²) in [5.74, 6) is -0.312. The van der Waals surface area contributed by atoms with Gasteiger partial charge in [-0.1, -0.05) is 24.3 Å². The van der Waals surface area contributed by atoms with Crippen molar-refractivity contribution in [1.82, 2.24) is 4.90 Å². The Labute approximate surface area is 215 Å². The molecule has 1 saturated heterocycles. The van der Waals surface area contributed by atoms with Gasteiger partial charge in [-0.3, -0.25) is 14.5 Å². The average molecular weight is 503 g/mol. The molecule has 8 heteroatoms. The van der Waals surface area contributed by atoms with E-state index in [4.69, 9.17) is 14.2 Å². The standard InChI is InChI=1S/C29H30N2O6/c1-17-4-8-21(12-18(17)2)30-26(32)15-31-14-23(20-7-11-24-25(13-20)37-16-36-24)27(29(33)34)28(31)19-5-9-22(35-3)10-6-19/h4-13,23,27-28H,14-16H2,1-3H3,(H,30,32)(H,33,34)/t23-,27-,28+/m0/s1. The lowest BCUT2D eigenvalue weighted by molar-refractivity contribution is -0.143. The van der Waals surface area contributed by atoms with Gasteiger partial charge >= 0.3 is 5.97 Å². The number of aryl methyl sites for hydroxylation is 2. The first-order chi connectivity index (χ1) is 17.8. The summed E-state index contributed by atoms with van der Waals surface area (Å²) in [4.78, 5) is 27.8. The topological polar surface area (TPSA) is 97.3 Å². The van der Waals surface area contributed by atoms with Crippen molar-refractivity contribution >= 4 is 17.6 Å². The number of rotatable bonds is 7. The molecule has 37 heavy (non-hydrogen) atoms. The highest BCUT2D eigenvalue weighted by molar-refractivity contribution is 5.92. The van der Waals surface area contributed by atoms with Crippen LogP contribution in [0, 0.1) is 19.8 Å². The number of carbonyl (C=O) groups excluding carboxylic acids is 1. The molecule has 2 N–H and O–H groups in total. The maximum atomic E-state index is 13.2. The van der Waals surface area contributed by atoms with E-state index in [2.05, 4.69) is 5.32 Å². The van der Waals surface area contributed by atoms with Gasteiger partial charge in [0.05, 0.1) is 19.6 Å². The number of fused-ring (bicyclic) bond motifs is 1. The fraction of sp³-hybridized carbons (Fsp3) is 0.310. The molecular weight excluding hydrogens is 472 g/mol. The number of amides is 1. The molecule has 2 aliphatic heterocycles. The van der Waals surface area contributed by atoms with E-state index >= 15 is 0 Å². The van der Waals surface area contributed by atoms with E-state index in [0.717, 1.165) is 27.9 Å². The molecule has 1 amide bonds. The second kappa shape index (κ2) is 10.1. The Morgan fingerprint density at radius 3 is 2.41 bits per heavy atom. The SMILES string of the molecule is COc1ccc([C@@H]2[C@@H](C(=O)O)[C@H](c3ccc4c(c3)OCO4)CN2CC(=O)Nc2ccc(C)c(C)c2)cc1. The molecule has 1 fully saturated rings. The first-order valence-corrected chi connectivity index (χ1v) is 12.2. The van der Waals surface area contributed by atoms with Crippen LogP contribution in [0.15, 0.2) is 60.7 Å². The van der Waals surface area contributed by atoms with Crippen LogP contribution < -0.4 is 19.5 Å². The summed E-state index contributed by atoms with van der Waals surface area (Å²) in [6, 6.07) is 18.2. The van der Waals surface area contributed by atoms with Crippen molar-refractivity contribution in [2.45, 2.75) is 25.8 Å². The molecule has 0 spiro atoms. The number of aliphatic carboxylic acids is 1. The summed E-state index contributed by atoms with van der Waals surface area (Å²) in [6.07, 6.45) is 0. The van der Waals surface area contributed by atoms with Gasteiger partial charge in [-0.2, -0.15) is 0 Å². The Bertz CT molecular complexity index is 1320. The number of carbonyl (C=O) groups is 2. The summed E-state index contributed by atoms with van der Waals surface area (Å²) >= 11 is 0. The van der Waals surface area contributed by atoms with Gasteiger partial charge in [0, 0.05) is 24.2 Å². The molecule has 3 aromatic rings. The lowest BCUT2D eigenvalue weighted by atomic mass is 9.82. The van der Waals surface area contributed by atoms with Crippen molar-refractivity contribution in [3.05, 3.63) is 82.9 Å². The highest BCUT2D eigenvalue weighted by atomic mass is 16.7. The Morgan fingerprint density at radius 2 is 1.70 bits per heavy atom. The highest BCUT2D eigenvalue weighted by Crippen LogP contribution is 2.47. The summed E-state index contributed by atoms with van der Waals surface area (Å²) in [5, 5.41) is 13.4. The molecule has 2 aliphatic rings. The predicted molar refractivity (Wildman–Crippen MR) is 138 cm³/mol. The highest BCUT2D eigenvalue weighted by Gasteiger charge is 2.48. The predicted octanol–water partition coefficient (Wildman–Crippen LogP) is 4.52. The van der Waals surface area contributed by atoms with E-state index in [1.165, 1.54) is 0 Å². The zero-order valence-electron chi connectivity index (χ0n) is 21.1. The number of benzene rings is 3. The van der Waals surface area contributed by atoms with Crippen LogP contribution in [0.2, 0.25) is 0 Å². The minimum atomic E-state index is -0.916. The van der Waals surface area contributed by atoms with Crippen molar-refractivity contribution in [2.24, 2.45) is 5.92 Å². The molecule has 192 valence electrons. The number of nitrogens with zero attached hydrogens (tertiary/aromatic N) is 1. The summed E-state index contributed by atoms with van der Waals surface area (Å²) in [7, 11) is 1.59. The number of likely N-dealkylation sites (tertiary alicyclic amines) is 1. The Hall–Kier alpha value is -4.04. The Kier molecular flexibility index (Phi) is 6.76. The molecule has 0 aromatic heterocycles. The fourth-order valence-corrected chi connectivity index (χ4v) is 5.28. The Morgan fingerprint density at radius 1 is 0.973 bits per heavy atom. The van der Waals surface area contributed by atoms with E-state index in [-0.39, 0.29) is 25.2 Å². The third-order valence-corrected chi connectivity index (χ3v) is 7.30. The zero-order chi connectivity index (χ0) is 26.1. The van der Waals surface area contributed by atoms with Gasteiger partial charge in [0.25, 0.3) is 0 Å². The zero-order valence-corrected chi connectivity index (χ0v) is 21.1. The maximum absolute atomic E-state index is 13.2. The van der Waals surface area contributed by atoms with Crippen molar-refractivity contribution in [3.63, 3.8) is 0 Å². The van der Waals surface area contributed by atoms with Crippen LogP contribution >= 0.6 is 0 Å². The van der Waals surface area contributed by atoms with Gasteiger partial charge in [-0.05, 0) is 72.5 Å². The molecule has 2 heterocycles. The molecule has 8 nitrogen and oxygen atoms in total. The summed E-state index contributed by atoms with van der Waals surface area (Å²) < 4.78 is 16.3. The summed E-state index contributed by atoms with van der Waals surface area (Å²) in [6.45, 7) is 4.61. The minimum absolute atomic E-state index is 0.0501. The normalized spacial score (nSPS) is 20.6. The van der Waals surface area contributed by atoms with E-state index < -0.39 is 17.9 Å². The third-order valence-electron chi connectivity index (χ3n) is 7.30. The molecule has 0 aliphatic carbocycles. The lowest BCUT2D eigenvalue weighted by Crippen LogP contribution is -2.35. The van der Waals surface area contributed by atoms with Crippen LogP contribution in [-0.2, 0) is 9.59 Å². The van der Waals surface area contributed by atoms with Gasteiger partial charge in [-0.25, -0.2) is 0 Å². The van der Waals surface area contributed by atoms with Crippen LogP contribution in [0.4, 0.5) is 5.69 Å². The van der Waals surface area contributed by atoms with Crippen molar-refractivity contribution in [3.8, 4) is 17.2 Å². The molecule has 3 atom stereocenters. The molecule has 0 radical (unpaired) electrons. The Balaban J connectivity index is 1.47. The van der Waals surface area contributed by atoms with Gasteiger partial charge in [0.15, 0.2) is 11.5 Å². The van der Waals surface area contributed by atoms with E-state index in [9.17, 15) is 14.7 Å². The van der Waals surface area contributed by atoms with Crippen molar-refractivity contribution in [1.29, 1.82) is 0 Å². The van der Waals surface area contributed by atoms with Crippen molar-refractivity contribution in [2.75, 3.05) is 32.3 Å². The molecule has 0 bridgehead atoms. The largest absolute Gasteiger partial charge is 0.497 e. The van der Waals surface area contributed by atoms with E-state index in [1.54, 1.807) is 7.11 Å². The number of hydrogen-bond donors (Lipinski definition) is 2. The number of carboxylic acid groups (broad SMARTS) is 1. The van der Waals surface area contributed by atoms with Crippen LogP contribution in [0.1, 0.15) is 34.2 Å². The van der Waals surface area contributed by atoms with Gasteiger partial charge in [0.1, 0.15) is 5.75 Å². The molecule has 5 rings (SSSR count). The number of ether oxygens (including phenoxy) is 3. The monoisotopic (exact) mass is 502 g/mol. The quantitative estimate of drug-likeness (QED) is 0.490. The third kappa shape index (κ3) is 4.97. The van der Waals surface area contributed by atoms with E-state index in [1.807, 2.05) is 79.4 Å². The second-order valence-electron chi connectivity index (χ2n) is 9.58. The van der Waals surface area contributed by atoms with Gasteiger partial charge < -0.3 is 24.6 Å². The number of hydrogen-bond acceptors (Lipinski definition) is 6. The summed E-state index contributed by atoms with van der Waals surface area (Å²) in [5.41, 5.74) is 4.61. The van der Waals surface area contributed by atoms with Gasteiger partial charge in [0.2, 0.25) is 12.7 Å². The van der Waals surface area contributed by atoms with Crippen LogP contribution in [0.3, 0.4) is 0 Å². The van der Waals surface area contributed by atoms with Gasteiger partial charge in [-0.15, -0.1) is 0 Å². The number of methoxy groups -OCH3 is 1.